The Balaban J connectivity index is 1.54. The van der Waals surface area contributed by atoms with Gasteiger partial charge in [0.25, 0.3) is 0 Å². The van der Waals surface area contributed by atoms with Gasteiger partial charge in [-0.3, -0.25) is 4.99 Å². The molecule has 0 bridgehead atoms. The number of aliphatic imine (C=N–C) groups is 1. The Morgan fingerprint density at radius 2 is 2.11 bits per heavy atom. The highest BCUT2D eigenvalue weighted by Gasteiger charge is 2.32. The summed E-state index contributed by atoms with van der Waals surface area (Å²) >= 11 is 0. The lowest BCUT2D eigenvalue weighted by Gasteiger charge is -2.37. The van der Waals surface area contributed by atoms with Gasteiger partial charge >= 0.3 is 0 Å². The van der Waals surface area contributed by atoms with Crippen molar-refractivity contribution in [2.45, 2.75) is 31.2 Å². The molecule has 2 N–H and O–H groups in total. The first-order chi connectivity index (χ1) is 8.83. The molecule has 18 heavy (non-hydrogen) atoms. The summed E-state index contributed by atoms with van der Waals surface area (Å²) in [5.41, 5.74) is 0.856. The molecule has 1 aliphatic heterocycles. The molecule has 4 heteroatoms. The molecule has 3 rings (SSSR count). The summed E-state index contributed by atoms with van der Waals surface area (Å²) in [6.45, 7) is 1.90. The summed E-state index contributed by atoms with van der Waals surface area (Å²) in [7, 11) is 0. The molecule has 0 spiro atoms. The van der Waals surface area contributed by atoms with Gasteiger partial charge in [0.15, 0.2) is 5.96 Å². The average molecular weight is 247 g/mol. The van der Waals surface area contributed by atoms with Gasteiger partial charge in [-0.05, 0) is 36.8 Å². The topological polar surface area (TPSA) is 36.4 Å². The van der Waals surface area contributed by atoms with Gasteiger partial charge in [0.05, 0.1) is 0 Å². The molecular formula is C14H18FN3. The van der Waals surface area contributed by atoms with E-state index in [9.17, 15) is 4.39 Å². The van der Waals surface area contributed by atoms with Crippen LogP contribution in [0.4, 0.5) is 4.39 Å². The van der Waals surface area contributed by atoms with Crippen LogP contribution in [0.25, 0.3) is 0 Å². The van der Waals surface area contributed by atoms with Crippen LogP contribution in [0, 0.1) is 5.82 Å². The Kier molecular flexibility index (Phi) is 3.17. The summed E-state index contributed by atoms with van der Waals surface area (Å²) in [6, 6.07) is 7.52. The zero-order valence-electron chi connectivity index (χ0n) is 10.3. The Morgan fingerprint density at radius 3 is 2.83 bits per heavy atom. The van der Waals surface area contributed by atoms with E-state index in [1.54, 1.807) is 12.1 Å². The number of guanidine groups is 1. The molecule has 0 saturated heterocycles. The monoisotopic (exact) mass is 247 g/mol. The van der Waals surface area contributed by atoms with Gasteiger partial charge in [0.2, 0.25) is 0 Å². The number of benzene rings is 1. The second-order valence-corrected chi connectivity index (χ2v) is 5.04. The molecule has 1 heterocycles. The van der Waals surface area contributed by atoms with E-state index in [0.29, 0.717) is 12.0 Å². The minimum atomic E-state index is -0.0749. The van der Waals surface area contributed by atoms with Gasteiger partial charge in [0, 0.05) is 19.1 Å². The standard InChI is InChI=1S/C14H18FN3/c15-13-5-2-1-4-12(13)10-8-11(9-10)18-14-16-6-3-7-17-14/h1-2,4-5,10-11H,3,6-9H2,(H2,16,17,18). The quantitative estimate of drug-likeness (QED) is 0.838. The minimum absolute atomic E-state index is 0.0749. The molecule has 1 aliphatic carbocycles. The first kappa shape index (κ1) is 11.5. The average Bonchev–Trinajstić information content (AvgIpc) is 2.36. The molecule has 0 amide bonds. The molecule has 0 unspecified atom stereocenters. The first-order valence-corrected chi connectivity index (χ1v) is 6.62. The van der Waals surface area contributed by atoms with E-state index < -0.39 is 0 Å². The van der Waals surface area contributed by atoms with Crippen molar-refractivity contribution in [3.05, 3.63) is 35.6 Å². The van der Waals surface area contributed by atoms with Gasteiger partial charge in [-0.1, -0.05) is 18.2 Å². The highest BCUT2D eigenvalue weighted by atomic mass is 19.1. The van der Waals surface area contributed by atoms with Gasteiger partial charge in [0.1, 0.15) is 5.82 Å². The molecular weight excluding hydrogens is 229 g/mol. The van der Waals surface area contributed by atoms with Crippen LogP contribution in [0.5, 0.6) is 0 Å². The fourth-order valence-corrected chi connectivity index (χ4v) is 2.62. The van der Waals surface area contributed by atoms with Gasteiger partial charge in [-0.25, -0.2) is 4.39 Å². The van der Waals surface area contributed by atoms with Crippen LogP contribution in [0.15, 0.2) is 29.3 Å². The van der Waals surface area contributed by atoms with E-state index in [1.165, 1.54) is 0 Å². The number of hydrogen-bond acceptors (Lipinski definition) is 3. The molecule has 2 aliphatic rings. The Bertz CT molecular complexity index is 452. The van der Waals surface area contributed by atoms with Crippen LogP contribution >= 0.6 is 0 Å². The van der Waals surface area contributed by atoms with Crippen LogP contribution < -0.4 is 10.6 Å². The van der Waals surface area contributed by atoms with E-state index in [1.807, 2.05) is 12.1 Å². The molecule has 96 valence electrons. The molecule has 0 aromatic heterocycles. The smallest absolute Gasteiger partial charge is 0.191 e. The molecule has 1 fully saturated rings. The van der Waals surface area contributed by atoms with Crippen molar-refractivity contribution < 1.29 is 4.39 Å². The number of nitrogens with zero attached hydrogens (tertiary/aromatic N) is 1. The lowest BCUT2D eigenvalue weighted by atomic mass is 9.75. The van der Waals surface area contributed by atoms with Crippen LogP contribution in [0.2, 0.25) is 0 Å². The van der Waals surface area contributed by atoms with Crippen LogP contribution in [-0.4, -0.2) is 25.1 Å². The van der Waals surface area contributed by atoms with Crippen molar-refractivity contribution in [1.29, 1.82) is 0 Å². The van der Waals surface area contributed by atoms with Crippen molar-refractivity contribution in [3.63, 3.8) is 0 Å². The maximum absolute atomic E-state index is 13.6. The summed E-state index contributed by atoms with van der Waals surface area (Å²) in [5, 5.41) is 6.64. The van der Waals surface area contributed by atoms with E-state index in [0.717, 1.165) is 43.9 Å². The summed E-state index contributed by atoms with van der Waals surface area (Å²) in [6.07, 6.45) is 3.08. The SMILES string of the molecule is Fc1ccccc1C1CC(NC2=NCCCN2)C1. The van der Waals surface area contributed by atoms with Gasteiger partial charge < -0.3 is 10.6 Å². The Hall–Kier alpha value is -1.58. The summed E-state index contributed by atoms with van der Waals surface area (Å²) in [4.78, 5) is 4.39. The minimum Gasteiger partial charge on any atom is -0.356 e. The van der Waals surface area contributed by atoms with Crippen molar-refractivity contribution >= 4 is 5.96 Å². The van der Waals surface area contributed by atoms with Crippen molar-refractivity contribution in [2.75, 3.05) is 13.1 Å². The molecule has 0 atom stereocenters. The van der Waals surface area contributed by atoms with E-state index >= 15 is 0 Å². The lowest BCUT2D eigenvalue weighted by Crippen LogP contribution is -2.50. The van der Waals surface area contributed by atoms with E-state index in [-0.39, 0.29) is 5.82 Å². The summed E-state index contributed by atoms with van der Waals surface area (Å²) in [5.74, 6) is 1.19. The Morgan fingerprint density at radius 1 is 1.28 bits per heavy atom. The van der Waals surface area contributed by atoms with Crippen LogP contribution in [0.1, 0.15) is 30.7 Å². The predicted molar refractivity (Wildman–Crippen MR) is 70.2 cm³/mol. The molecule has 1 aromatic rings. The van der Waals surface area contributed by atoms with E-state index in [2.05, 4.69) is 15.6 Å². The van der Waals surface area contributed by atoms with Crippen LogP contribution in [0.3, 0.4) is 0 Å². The zero-order chi connectivity index (χ0) is 12.4. The van der Waals surface area contributed by atoms with Crippen molar-refractivity contribution in [2.24, 2.45) is 4.99 Å². The van der Waals surface area contributed by atoms with Crippen molar-refractivity contribution in [1.82, 2.24) is 10.6 Å². The molecule has 3 nitrogen and oxygen atoms in total. The number of halogens is 1. The second-order valence-electron chi connectivity index (χ2n) is 5.04. The maximum Gasteiger partial charge on any atom is 0.191 e. The first-order valence-electron chi connectivity index (χ1n) is 6.62. The Labute approximate surface area is 106 Å². The molecule has 0 radical (unpaired) electrons. The lowest BCUT2D eigenvalue weighted by molar-refractivity contribution is 0.314. The van der Waals surface area contributed by atoms with E-state index in [4.69, 9.17) is 0 Å². The highest BCUT2D eigenvalue weighted by molar-refractivity contribution is 5.80. The fourth-order valence-electron chi connectivity index (χ4n) is 2.62. The van der Waals surface area contributed by atoms with Gasteiger partial charge in [-0.15, -0.1) is 0 Å². The number of hydrogen-bond donors (Lipinski definition) is 2. The summed E-state index contributed by atoms with van der Waals surface area (Å²) < 4.78 is 13.6. The van der Waals surface area contributed by atoms with Crippen LogP contribution in [-0.2, 0) is 0 Å². The fraction of sp³-hybridized carbons (Fsp3) is 0.500. The number of rotatable bonds is 2. The van der Waals surface area contributed by atoms with Gasteiger partial charge in [-0.2, -0.15) is 0 Å². The normalized spacial score (nSPS) is 26.8. The molecule has 1 aromatic carbocycles. The second kappa shape index (κ2) is 4.96. The highest BCUT2D eigenvalue weighted by Crippen LogP contribution is 2.37. The molecule has 1 saturated carbocycles. The van der Waals surface area contributed by atoms with Crippen molar-refractivity contribution in [3.8, 4) is 0 Å². The number of nitrogens with one attached hydrogen (secondary N) is 2. The third-order valence-corrected chi connectivity index (χ3v) is 3.72. The third kappa shape index (κ3) is 2.33. The maximum atomic E-state index is 13.6. The largest absolute Gasteiger partial charge is 0.356 e. The predicted octanol–water partition coefficient (Wildman–Crippen LogP) is 2.01. The third-order valence-electron chi connectivity index (χ3n) is 3.72. The zero-order valence-corrected chi connectivity index (χ0v) is 10.3.